The van der Waals surface area contributed by atoms with E-state index in [9.17, 15) is 9.90 Å². The smallest absolute Gasteiger partial charge is 0.277 e. The first-order chi connectivity index (χ1) is 12.9. The van der Waals surface area contributed by atoms with Gasteiger partial charge in [-0.15, -0.1) is 0 Å². The summed E-state index contributed by atoms with van der Waals surface area (Å²) in [7, 11) is 1.46. The minimum absolute atomic E-state index is 0.00596. The molecule has 0 aliphatic rings. The molecule has 0 saturated heterocycles. The summed E-state index contributed by atoms with van der Waals surface area (Å²) in [5.41, 5.74) is 4.29. The molecule has 0 spiro atoms. The number of hydrazone groups is 1. The lowest BCUT2D eigenvalue weighted by atomic mass is 9.99. The maximum absolute atomic E-state index is 11.8. The van der Waals surface area contributed by atoms with Crippen molar-refractivity contribution >= 4 is 28.1 Å². The second kappa shape index (κ2) is 9.97. The Morgan fingerprint density at radius 1 is 1.33 bits per heavy atom. The van der Waals surface area contributed by atoms with Crippen LogP contribution in [0.15, 0.2) is 46.0 Å². The summed E-state index contributed by atoms with van der Waals surface area (Å²) in [5, 5.41) is 13.7. The Labute approximate surface area is 167 Å². The van der Waals surface area contributed by atoms with E-state index in [1.807, 2.05) is 24.3 Å². The molecule has 0 fully saturated rings. The molecule has 1 atom stereocenters. The molecule has 27 heavy (non-hydrogen) atoms. The van der Waals surface area contributed by atoms with Crippen molar-refractivity contribution in [2.75, 3.05) is 13.7 Å². The minimum Gasteiger partial charge on any atom is -0.503 e. The third kappa shape index (κ3) is 5.99. The SMILES string of the molecule is CC[C@H](C)c1ccc(OCC(=O)N/N=C\c2cc(Br)c(O)c(OC)c2)cc1. The fourth-order valence-corrected chi connectivity index (χ4v) is 2.77. The quantitative estimate of drug-likeness (QED) is 0.481. The summed E-state index contributed by atoms with van der Waals surface area (Å²) in [5.74, 6) is 1.07. The van der Waals surface area contributed by atoms with Gasteiger partial charge in [0, 0.05) is 0 Å². The fourth-order valence-electron chi connectivity index (χ4n) is 2.31. The Balaban J connectivity index is 1.86. The number of ether oxygens (including phenoxy) is 2. The molecular weight excluding hydrogens is 412 g/mol. The number of amides is 1. The van der Waals surface area contributed by atoms with Crippen LogP contribution in [0.1, 0.15) is 37.3 Å². The number of methoxy groups -OCH3 is 1. The first-order valence-electron chi connectivity index (χ1n) is 8.55. The molecule has 0 aliphatic heterocycles. The summed E-state index contributed by atoms with van der Waals surface area (Å²) >= 11 is 3.23. The van der Waals surface area contributed by atoms with E-state index in [1.165, 1.54) is 18.9 Å². The van der Waals surface area contributed by atoms with Gasteiger partial charge in [0.1, 0.15) is 5.75 Å². The van der Waals surface area contributed by atoms with Crippen molar-refractivity contribution in [3.8, 4) is 17.2 Å². The number of phenols is 1. The van der Waals surface area contributed by atoms with Gasteiger partial charge in [-0.3, -0.25) is 4.79 Å². The van der Waals surface area contributed by atoms with Gasteiger partial charge in [0.05, 0.1) is 17.8 Å². The van der Waals surface area contributed by atoms with Gasteiger partial charge in [0.25, 0.3) is 5.91 Å². The average molecular weight is 435 g/mol. The van der Waals surface area contributed by atoms with Crippen LogP contribution in [-0.2, 0) is 4.79 Å². The summed E-state index contributed by atoms with van der Waals surface area (Å²) in [6, 6.07) is 11.0. The van der Waals surface area contributed by atoms with Crippen LogP contribution in [0.2, 0.25) is 0 Å². The number of carbonyl (C=O) groups is 1. The Morgan fingerprint density at radius 3 is 2.67 bits per heavy atom. The molecule has 6 nitrogen and oxygen atoms in total. The van der Waals surface area contributed by atoms with Crippen LogP contribution < -0.4 is 14.9 Å². The molecule has 144 valence electrons. The molecular formula is C20H23BrN2O4. The lowest BCUT2D eigenvalue weighted by Gasteiger charge is -2.10. The van der Waals surface area contributed by atoms with E-state index in [0.29, 0.717) is 27.5 Å². The second-order valence-electron chi connectivity index (χ2n) is 6.01. The molecule has 0 aromatic heterocycles. The van der Waals surface area contributed by atoms with Crippen molar-refractivity contribution in [2.45, 2.75) is 26.2 Å². The van der Waals surface area contributed by atoms with Crippen LogP contribution in [0, 0.1) is 0 Å². The molecule has 2 rings (SSSR count). The zero-order valence-electron chi connectivity index (χ0n) is 15.5. The van der Waals surface area contributed by atoms with Crippen LogP contribution in [0.3, 0.4) is 0 Å². The summed E-state index contributed by atoms with van der Waals surface area (Å²) in [6.07, 6.45) is 2.52. The van der Waals surface area contributed by atoms with Gasteiger partial charge in [-0.2, -0.15) is 5.10 Å². The van der Waals surface area contributed by atoms with Crippen molar-refractivity contribution in [3.05, 3.63) is 52.0 Å². The Hall–Kier alpha value is -2.54. The average Bonchev–Trinajstić information content (AvgIpc) is 2.68. The number of nitrogens with one attached hydrogen (secondary N) is 1. The predicted octanol–water partition coefficient (Wildman–Crippen LogP) is 4.21. The lowest BCUT2D eigenvalue weighted by molar-refractivity contribution is -0.123. The van der Waals surface area contributed by atoms with Crippen LogP contribution in [0.4, 0.5) is 0 Å². The number of benzene rings is 2. The normalized spacial score (nSPS) is 12.0. The van der Waals surface area contributed by atoms with Gasteiger partial charge in [0.15, 0.2) is 18.1 Å². The number of rotatable bonds is 8. The minimum atomic E-state index is -0.373. The van der Waals surface area contributed by atoms with Crippen molar-refractivity contribution in [1.29, 1.82) is 0 Å². The standard InChI is InChI=1S/C20H23BrN2O4/c1-4-13(2)15-5-7-16(8-6-15)27-12-19(24)23-22-11-14-9-17(21)20(25)18(10-14)26-3/h5-11,13,25H,4,12H2,1-3H3,(H,23,24)/b22-11-/t13-/m0/s1. The first-order valence-corrected chi connectivity index (χ1v) is 9.35. The molecule has 2 N–H and O–H groups in total. The molecule has 0 unspecified atom stereocenters. The van der Waals surface area contributed by atoms with Crippen molar-refractivity contribution in [3.63, 3.8) is 0 Å². The Bertz CT molecular complexity index is 806. The largest absolute Gasteiger partial charge is 0.503 e. The van der Waals surface area contributed by atoms with Crippen LogP contribution in [0.25, 0.3) is 0 Å². The van der Waals surface area contributed by atoms with Crippen molar-refractivity contribution < 1.29 is 19.4 Å². The van der Waals surface area contributed by atoms with E-state index < -0.39 is 0 Å². The van der Waals surface area contributed by atoms with E-state index in [4.69, 9.17) is 9.47 Å². The van der Waals surface area contributed by atoms with Crippen LogP contribution >= 0.6 is 15.9 Å². The number of hydrogen-bond acceptors (Lipinski definition) is 5. The number of halogens is 1. The summed E-state index contributed by atoms with van der Waals surface area (Å²) < 4.78 is 11.0. The highest BCUT2D eigenvalue weighted by Gasteiger charge is 2.08. The summed E-state index contributed by atoms with van der Waals surface area (Å²) in [4.78, 5) is 11.8. The highest BCUT2D eigenvalue weighted by molar-refractivity contribution is 9.10. The maximum Gasteiger partial charge on any atom is 0.277 e. The molecule has 1 amide bonds. The zero-order chi connectivity index (χ0) is 19.8. The van der Waals surface area contributed by atoms with E-state index >= 15 is 0 Å². The van der Waals surface area contributed by atoms with Crippen molar-refractivity contribution in [1.82, 2.24) is 5.43 Å². The van der Waals surface area contributed by atoms with Crippen molar-refractivity contribution in [2.24, 2.45) is 5.10 Å². The first kappa shape index (κ1) is 20.8. The van der Waals surface area contributed by atoms with E-state index in [1.54, 1.807) is 12.1 Å². The second-order valence-corrected chi connectivity index (χ2v) is 6.87. The third-order valence-electron chi connectivity index (χ3n) is 4.10. The summed E-state index contributed by atoms with van der Waals surface area (Å²) in [6.45, 7) is 4.18. The molecule has 2 aromatic carbocycles. The van der Waals surface area contributed by atoms with Crippen LogP contribution in [0.5, 0.6) is 17.2 Å². The predicted molar refractivity (Wildman–Crippen MR) is 109 cm³/mol. The van der Waals surface area contributed by atoms with Gasteiger partial charge in [-0.1, -0.05) is 26.0 Å². The third-order valence-corrected chi connectivity index (χ3v) is 4.71. The maximum atomic E-state index is 11.8. The number of aromatic hydroxyl groups is 1. The zero-order valence-corrected chi connectivity index (χ0v) is 17.1. The number of hydrogen-bond donors (Lipinski definition) is 2. The molecule has 0 heterocycles. The highest BCUT2D eigenvalue weighted by atomic mass is 79.9. The molecule has 0 aliphatic carbocycles. The Kier molecular flexibility index (Phi) is 7.67. The molecule has 0 radical (unpaired) electrons. The van der Waals surface area contributed by atoms with Gasteiger partial charge < -0.3 is 14.6 Å². The molecule has 7 heteroatoms. The molecule has 0 saturated carbocycles. The van der Waals surface area contributed by atoms with E-state index in [2.05, 4.69) is 40.3 Å². The molecule has 0 bridgehead atoms. The van der Waals surface area contributed by atoms with Gasteiger partial charge in [-0.25, -0.2) is 5.43 Å². The molecule has 2 aromatic rings. The van der Waals surface area contributed by atoms with Gasteiger partial charge in [0.2, 0.25) is 0 Å². The highest BCUT2D eigenvalue weighted by Crippen LogP contribution is 2.34. The number of phenolic OH excluding ortho intramolecular Hbond substituents is 1. The van der Waals surface area contributed by atoms with Crippen LogP contribution in [-0.4, -0.2) is 30.9 Å². The van der Waals surface area contributed by atoms with Gasteiger partial charge >= 0.3 is 0 Å². The number of nitrogens with zero attached hydrogens (tertiary/aromatic N) is 1. The fraction of sp³-hybridized carbons (Fsp3) is 0.300. The van der Waals surface area contributed by atoms with E-state index in [0.717, 1.165) is 6.42 Å². The topological polar surface area (TPSA) is 80.2 Å². The monoisotopic (exact) mass is 434 g/mol. The Morgan fingerprint density at radius 2 is 2.04 bits per heavy atom. The number of carbonyl (C=O) groups excluding carboxylic acids is 1. The van der Waals surface area contributed by atoms with Gasteiger partial charge in [-0.05, 0) is 63.7 Å². The van der Waals surface area contributed by atoms with E-state index in [-0.39, 0.29) is 18.3 Å². The lowest BCUT2D eigenvalue weighted by Crippen LogP contribution is -2.24.